The van der Waals surface area contributed by atoms with E-state index in [0.29, 0.717) is 25.9 Å². The van der Waals surface area contributed by atoms with Crippen LogP contribution in [0.3, 0.4) is 0 Å². The van der Waals surface area contributed by atoms with Crippen molar-refractivity contribution in [1.29, 1.82) is 0 Å². The van der Waals surface area contributed by atoms with E-state index in [1.54, 1.807) is 22.7 Å². The number of nitrogens with zero attached hydrogens (tertiary/aromatic N) is 2. The fourth-order valence-corrected chi connectivity index (χ4v) is 8.35. The number of thioether (sulfide) groups is 1. The number of esters is 1. The van der Waals surface area contributed by atoms with Gasteiger partial charge in [0.2, 0.25) is 11.8 Å². The van der Waals surface area contributed by atoms with Crippen LogP contribution in [-0.4, -0.2) is 74.5 Å². The Balaban J connectivity index is 1.72. The quantitative estimate of drug-likeness (QED) is 0.405. The molecule has 1 N–H and O–H groups in total. The molecule has 0 aliphatic carbocycles. The molecule has 2 unspecified atom stereocenters. The second-order valence-corrected chi connectivity index (χ2v) is 11.3. The minimum atomic E-state index is -0.759. The predicted octanol–water partition coefficient (Wildman–Crippen LogP) is 2.40. The van der Waals surface area contributed by atoms with E-state index >= 15 is 0 Å². The van der Waals surface area contributed by atoms with Gasteiger partial charge in [0.1, 0.15) is 12.6 Å². The van der Waals surface area contributed by atoms with Crippen molar-refractivity contribution < 1.29 is 24.2 Å². The molecular weight excluding hydrogens is 452 g/mol. The number of aliphatic hydroxyl groups is 1. The minimum absolute atomic E-state index is 0.0481. The number of hydrogen-bond acceptors (Lipinski definition) is 6. The van der Waals surface area contributed by atoms with Crippen molar-refractivity contribution in [3.05, 3.63) is 61.2 Å². The zero-order valence-electron chi connectivity index (χ0n) is 19.5. The first-order valence-electron chi connectivity index (χ1n) is 11.7. The molecule has 34 heavy (non-hydrogen) atoms. The number of fused-ring (bicyclic) bond motifs is 1. The van der Waals surface area contributed by atoms with E-state index in [-0.39, 0.29) is 31.6 Å². The van der Waals surface area contributed by atoms with Gasteiger partial charge in [0.25, 0.3) is 0 Å². The number of carbonyl (C=O) groups excluding carboxylic acids is 3. The van der Waals surface area contributed by atoms with Crippen LogP contribution in [-0.2, 0) is 25.7 Å². The summed E-state index contributed by atoms with van der Waals surface area (Å²) in [7, 11) is 0. The smallest absolute Gasteiger partial charge is 0.311 e. The summed E-state index contributed by atoms with van der Waals surface area (Å²) in [6.45, 7) is 10.0. The van der Waals surface area contributed by atoms with E-state index in [0.717, 1.165) is 5.56 Å². The molecule has 0 saturated carbocycles. The molecule has 7 nitrogen and oxygen atoms in total. The van der Waals surface area contributed by atoms with Crippen molar-refractivity contribution in [3.63, 3.8) is 0 Å². The summed E-state index contributed by atoms with van der Waals surface area (Å²) in [4.78, 5) is 44.1. The predicted molar refractivity (Wildman–Crippen MR) is 131 cm³/mol. The Kier molecular flexibility index (Phi) is 6.92. The molecular formula is C26H32N2O5S. The Morgan fingerprint density at radius 1 is 1.26 bits per heavy atom. The molecule has 2 amide bonds. The molecule has 182 valence electrons. The van der Waals surface area contributed by atoms with Crippen molar-refractivity contribution in [1.82, 2.24) is 9.80 Å². The number of amides is 2. The highest BCUT2D eigenvalue weighted by atomic mass is 32.2. The number of β-amino-alcohol motifs (C(OH)–C–C–N with tert-alkyl or cyclic N) is 1. The molecule has 3 saturated heterocycles. The molecule has 4 rings (SSSR count). The summed E-state index contributed by atoms with van der Waals surface area (Å²) in [5.74, 6) is -2.14. The Morgan fingerprint density at radius 2 is 2.00 bits per heavy atom. The maximum Gasteiger partial charge on any atom is 0.311 e. The van der Waals surface area contributed by atoms with Gasteiger partial charge in [-0.05, 0) is 25.3 Å². The third-order valence-electron chi connectivity index (χ3n) is 7.33. The van der Waals surface area contributed by atoms with E-state index in [1.165, 1.54) is 11.0 Å². The fourth-order valence-electron chi connectivity index (χ4n) is 6.01. The number of likely N-dealkylation sites (tertiary alicyclic amines) is 1. The van der Waals surface area contributed by atoms with Crippen molar-refractivity contribution in [2.45, 2.75) is 41.8 Å². The second-order valence-electron chi connectivity index (χ2n) is 9.39. The number of ether oxygens (including phenoxy) is 1. The van der Waals surface area contributed by atoms with Gasteiger partial charge >= 0.3 is 5.97 Å². The average Bonchev–Trinajstić information content (AvgIpc) is 3.39. The van der Waals surface area contributed by atoms with Gasteiger partial charge in [-0.25, -0.2) is 0 Å². The van der Waals surface area contributed by atoms with Gasteiger partial charge in [-0.2, -0.15) is 0 Å². The number of rotatable bonds is 10. The van der Waals surface area contributed by atoms with Gasteiger partial charge < -0.3 is 19.6 Å². The van der Waals surface area contributed by atoms with Crippen molar-refractivity contribution in [2.75, 3.05) is 26.3 Å². The van der Waals surface area contributed by atoms with Crippen LogP contribution in [0, 0.1) is 11.8 Å². The molecule has 1 aromatic carbocycles. The lowest BCUT2D eigenvalue weighted by Gasteiger charge is -2.37. The number of carbonyl (C=O) groups is 3. The molecule has 1 aromatic rings. The molecule has 0 radical (unpaired) electrons. The first kappa shape index (κ1) is 24.5. The van der Waals surface area contributed by atoms with Crippen LogP contribution in [0.15, 0.2) is 55.6 Å². The van der Waals surface area contributed by atoms with Crippen LogP contribution in [0.1, 0.15) is 25.3 Å². The van der Waals surface area contributed by atoms with Gasteiger partial charge in [0, 0.05) is 24.4 Å². The molecule has 3 fully saturated rings. The molecule has 5 atom stereocenters. The Hall–Kier alpha value is -2.58. The third-order valence-corrected chi connectivity index (χ3v) is 9.31. The van der Waals surface area contributed by atoms with Crippen LogP contribution >= 0.6 is 11.8 Å². The topological polar surface area (TPSA) is 87.1 Å². The third kappa shape index (κ3) is 3.86. The van der Waals surface area contributed by atoms with Crippen molar-refractivity contribution in [2.24, 2.45) is 11.8 Å². The maximum atomic E-state index is 14.1. The fraction of sp³-hybridized carbons (Fsp3) is 0.500. The highest BCUT2D eigenvalue weighted by molar-refractivity contribution is 8.02. The van der Waals surface area contributed by atoms with E-state index < -0.39 is 33.3 Å². The Bertz CT molecular complexity index is 985. The number of hydrogen-bond donors (Lipinski definition) is 1. The van der Waals surface area contributed by atoms with Gasteiger partial charge in [-0.3, -0.25) is 14.4 Å². The van der Waals surface area contributed by atoms with Crippen molar-refractivity contribution in [3.8, 4) is 0 Å². The molecule has 3 heterocycles. The normalized spacial score (nSPS) is 31.3. The lowest BCUT2D eigenvalue weighted by atomic mass is 9.66. The number of aliphatic hydroxyl groups excluding tert-OH is 1. The highest BCUT2D eigenvalue weighted by Gasteiger charge is 2.77. The standard InChI is InChI=1S/C26H32N2O5S/c1-4-13-27(17-18-9-7-6-8-10-18)23(31)21-26-12-11-25(3,34-26)20(24(32)33-16-5-2)19(26)22(30)28(21)14-15-29/h4-10,19-21,29H,1-2,11-17H2,3H3/t19-,20+,21?,25-,26?/m0/s1. The summed E-state index contributed by atoms with van der Waals surface area (Å²) < 4.78 is 4.19. The molecule has 2 bridgehead atoms. The average molecular weight is 485 g/mol. The second kappa shape index (κ2) is 9.58. The summed E-state index contributed by atoms with van der Waals surface area (Å²) in [5.41, 5.74) is 0.978. The molecule has 3 aliphatic rings. The van der Waals surface area contributed by atoms with Crippen LogP contribution < -0.4 is 0 Å². The zero-order chi connectivity index (χ0) is 24.5. The van der Waals surface area contributed by atoms with Crippen LogP contribution in [0.25, 0.3) is 0 Å². The first-order valence-corrected chi connectivity index (χ1v) is 12.5. The van der Waals surface area contributed by atoms with Gasteiger partial charge in [-0.15, -0.1) is 18.3 Å². The Morgan fingerprint density at radius 3 is 2.65 bits per heavy atom. The van der Waals surface area contributed by atoms with E-state index in [2.05, 4.69) is 13.2 Å². The summed E-state index contributed by atoms with van der Waals surface area (Å²) in [6, 6.07) is 8.92. The first-order chi connectivity index (χ1) is 16.3. The van der Waals surface area contributed by atoms with Gasteiger partial charge in [0.05, 0.1) is 23.2 Å². The minimum Gasteiger partial charge on any atom is -0.461 e. The SMILES string of the molecule is C=CCOC(=O)[C@H]1[C@H]2C(=O)N(CCO)C(C(=O)N(CC=C)Cc3ccccc3)C23CC[C@]1(C)S3. The van der Waals surface area contributed by atoms with Crippen molar-refractivity contribution >= 4 is 29.5 Å². The largest absolute Gasteiger partial charge is 0.461 e. The van der Waals surface area contributed by atoms with Gasteiger partial charge in [-0.1, -0.05) is 49.1 Å². The molecule has 0 aromatic heterocycles. The van der Waals surface area contributed by atoms with E-state index in [9.17, 15) is 19.5 Å². The Labute approximate surface area is 204 Å². The van der Waals surface area contributed by atoms with Gasteiger partial charge in [0.15, 0.2) is 0 Å². The zero-order valence-corrected chi connectivity index (χ0v) is 20.3. The maximum absolute atomic E-state index is 14.1. The number of benzene rings is 1. The summed E-state index contributed by atoms with van der Waals surface area (Å²) in [5, 5.41) is 9.75. The lowest BCUT2D eigenvalue weighted by molar-refractivity contribution is -0.154. The molecule has 8 heteroatoms. The highest BCUT2D eigenvalue weighted by Crippen LogP contribution is 2.71. The van der Waals surface area contributed by atoms with Crippen LogP contribution in [0.2, 0.25) is 0 Å². The van der Waals surface area contributed by atoms with E-state index in [4.69, 9.17) is 4.74 Å². The van der Waals surface area contributed by atoms with Crippen LogP contribution in [0.4, 0.5) is 0 Å². The molecule has 3 aliphatic heterocycles. The lowest BCUT2D eigenvalue weighted by Crippen LogP contribution is -2.55. The van der Waals surface area contributed by atoms with E-state index in [1.807, 2.05) is 37.3 Å². The summed E-state index contributed by atoms with van der Waals surface area (Å²) >= 11 is 1.59. The monoisotopic (exact) mass is 484 g/mol. The van der Waals surface area contributed by atoms with Crippen LogP contribution in [0.5, 0.6) is 0 Å². The molecule has 1 spiro atoms. The summed E-state index contributed by atoms with van der Waals surface area (Å²) in [6.07, 6.45) is 4.56.